The number of hydrogen-bond acceptors (Lipinski definition) is 6. The molecule has 0 radical (unpaired) electrons. The van der Waals surface area contributed by atoms with Gasteiger partial charge in [-0.15, -0.1) is 0 Å². The monoisotopic (exact) mass is 398 g/mol. The van der Waals surface area contributed by atoms with Gasteiger partial charge in [-0.25, -0.2) is 15.0 Å². The minimum atomic E-state index is -0.784. The Balaban J connectivity index is 1.41. The molecule has 0 saturated heterocycles. The Morgan fingerprint density at radius 2 is 1.97 bits per heavy atom. The molecule has 156 valence electrons. The Morgan fingerprint density at radius 1 is 1.21 bits per heavy atom. The summed E-state index contributed by atoms with van der Waals surface area (Å²) < 4.78 is 0. The normalized spacial score (nSPS) is 16.7. The van der Waals surface area contributed by atoms with Crippen LogP contribution in [-0.4, -0.2) is 37.7 Å². The number of carboxylic acid groups (broad SMARTS) is 1. The van der Waals surface area contributed by atoms with Crippen molar-refractivity contribution >= 4 is 11.8 Å². The van der Waals surface area contributed by atoms with E-state index in [-0.39, 0.29) is 12.3 Å². The predicted molar refractivity (Wildman–Crippen MR) is 111 cm³/mol. The zero-order chi connectivity index (χ0) is 20.6. The van der Waals surface area contributed by atoms with Crippen molar-refractivity contribution in [2.45, 2.75) is 70.3 Å². The first-order valence-corrected chi connectivity index (χ1v) is 10.4. The SMILES string of the molecule is Cc1ncc(C(CCCCCCc2ccc3c(n2)NCCC3O)CC(=O)O)cn1. The summed E-state index contributed by atoms with van der Waals surface area (Å²) in [6.07, 6.45) is 9.85. The van der Waals surface area contributed by atoms with E-state index in [0.29, 0.717) is 5.82 Å². The standard InChI is InChI=1S/C22H30N4O3/c1-15-24-13-17(14-25-15)16(12-21(28)29)6-4-2-3-5-7-18-8-9-19-20(27)10-11-23-22(19)26-18/h8-9,13-14,16,20,27H,2-7,10-12H2,1H3,(H,23,26)(H,28,29). The van der Waals surface area contributed by atoms with E-state index < -0.39 is 12.1 Å². The van der Waals surface area contributed by atoms with Crippen molar-refractivity contribution in [2.75, 3.05) is 11.9 Å². The number of aliphatic hydroxyl groups excluding tert-OH is 1. The van der Waals surface area contributed by atoms with E-state index in [0.717, 1.165) is 74.1 Å². The second-order valence-corrected chi connectivity index (χ2v) is 7.78. The molecule has 0 spiro atoms. The largest absolute Gasteiger partial charge is 0.481 e. The Hall–Kier alpha value is -2.54. The van der Waals surface area contributed by atoms with Gasteiger partial charge in [-0.3, -0.25) is 4.79 Å². The second-order valence-electron chi connectivity index (χ2n) is 7.78. The van der Waals surface area contributed by atoms with Gasteiger partial charge in [0.05, 0.1) is 12.5 Å². The molecule has 2 atom stereocenters. The summed E-state index contributed by atoms with van der Waals surface area (Å²) in [7, 11) is 0. The Kier molecular flexibility index (Phi) is 7.52. The van der Waals surface area contributed by atoms with E-state index >= 15 is 0 Å². The lowest BCUT2D eigenvalue weighted by molar-refractivity contribution is -0.137. The van der Waals surface area contributed by atoms with Gasteiger partial charge in [0.25, 0.3) is 0 Å². The highest BCUT2D eigenvalue weighted by atomic mass is 16.4. The molecule has 0 fully saturated rings. The molecule has 2 aromatic heterocycles. The molecule has 2 aromatic rings. The van der Waals surface area contributed by atoms with Crippen LogP contribution in [0.25, 0.3) is 0 Å². The zero-order valence-corrected chi connectivity index (χ0v) is 17.0. The Morgan fingerprint density at radius 3 is 2.72 bits per heavy atom. The van der Waals surface area contributed by atoms with Crippen LogP contribution in [0.1, 0.15) is 79.6 Å². The first kappa shape index (κ1) is 21.2. The fourth-order valence-corrected chi connectivity index (χ4v) is 3.80. The van der Waals surface area contributed by atoms with E-state index in [4.69, 9.17) is 0 Å². The average molecular weight is 399 g/mol. The quantitative estimate of drug-likeness (QED) is 0.523. The summed E-state index contributed by atoms with van der Waals surface area (Å²) in [5.41, 5.74) is 2.85. The predicted octanol–water partition coefficient (Wildman–Crippen LogP) is 3.78. The molecule has 2 unspecified atom stereocenters. The van der Waals surface area contributed by atoms with Gasteiger partial charge in [0.1, 0.15) is 11.6 Å². The topological polar surface area (TPSA) is 108 Å². The molecule has 0 aliphatic carbocycles. The molecule has 7 nitrogen and oxygen atoms in total. The van der Waals surface area contributed by atoms with Gasteiger partial charge in [0, 0.05) is 30.2 Å². The van der Waals surface area contributed by atoms with Crippen molar-refractivity contribution in [1.82, 2.24) is 15.0 Å². The number of carboxylic acids is 1. The van der Waals surface area contributed by atoms with Crippen molar-refractivity contribution in [3.8, 4) is 0 Å². The lowest BCUT2D eigenvalue weighted by Gasteiger charge is -2.22. The fourth-order valence-electron chi connectivity index (χ4n) is 3.80. The third kappa shape index (κ3) is 6.22. The number of aliphatic hydroxyl groups is 1. The van der Waals surface area contributed by atoms with E-state index in [1.165, 1.54) is 0 Å². The van der Waals surface area contributed by atoms with Gasteiger partial charge in [-0.1, -0.05) is 25.3 Å². The summed E-state index contributed by atoms with van der Waals surface area (Å²) in [5, 5.41) is 22.5. The van der Waals surface area contributed by atoms with Crippen LogP contribution in [0, 0.1) is 6.92 Å². The molecule has 0 saturated carbocycles. The Labute approximate surface area is 171 Å². The lowest BCUT2D eigenvalue weighted by Crippen LogP contribution is -2.18. The average Bonchev–Trinajstić information content (AvgIpc) is 2.70. The molecular formula is C22H30N4O3. The molecular weight excluding hydrogens is 368 g/mol. The second kappa shape index (κ2) is 10.3. The number of unbranched alkanes of at least 4 members (excludes halogenated alkanes) is 3. The summed E-state index contributed by atoms with van der Waals surface area (Å²) in [5.74, 6) is 0.696. The van der Waals surface area contributed by atoms with Crippen LogP contribution < -0.4 is 5.32 Å². The Bertz CT molecular complexity index is 810. The lowest BCUT2D eigenvalue weighted by atomic mass is 9.92. The fraction of sp³-hybridized carbons (Fsp3) is 0.545. The summed E-state index contributed by atoms with van der Waals surface area (Å²) in [4.78, 5) is 24.2. The maximum atomic E-state index is 11.2. The van der Waals surface area contributed by atoms with E-state index in [2.05, 4.69) is 20.3 Å². The molecule has 7 heteroatoms. The number of pyridine rings is 1. The van der Waals surface area contributed by atoms with Crippen molar-refractivity contribution < 1.29 is 15.0 Å². The van der Waals surface area contributed by atoms with Crippen molar-refractivity contribution in [3.05, 3.63) is 47.2 Å². The molecule has 3 rings (SSSR count). The van der Waals surface area contributed by atoms with Gasteiger partial charge < -0.3 is 15.5 Å². The molecule has 1 aliphatic heterocycles. The highest BCUT2D eigenvalue weighted by molar-refractivity contribution is 5.68. The third-order valence-corrected chi connectivity index (χ3v) is 5.48. The van der Waals surface area contributed by atoms with Gasteiger partial charge in [-0.05, 0) is 50.2 Å². The van der Waals surface area contributed by atoms with E-state index in [9.17, 15) is 15.0 Å². The van der Waals surface area contributed by atoms with E-state index in [1.807, 2.05) is 19.1 Å². The van der Waals surface area contributed by atoms with Crippen LogP contribution in [-0.2, 0) is 11.2 Å². The minimum absolute atomic E-state index is 0.0343. The van der Waals surface area contributed by atoms with Gasteiger partial charge in [0.15, 0.2) is 0 Å². The zero-order valence-electron chi connectivity index (χ0n) is 17.0. The molecule has 3 heterocycles. The van der Waals surface area contributed by atoms with Crippen LogP contribution in [0.15, 0.2) is 24.5 Å². The number of aromatic nitrogens is 3. The maximum absolute atomic E-state index is 11.2. The van der Waals surface area contributed by atoms with Crippen LogP contribution >= 0.6 is 0 Å². The molecule has 1 aliphatic rings. The van der Waals surface area contributed by atoms with Gasteiger partial charge in [-0.2, -0.15) is 0 Å². The number of rotatable bonds is 10. The van der Waals surface area contributed by atoms with Crippen LogP contribution in [0.2, 0.25) is 0 Å². The maximum Gasteiger partial charge on any atom is 0.303 e. The van der Waals surface area contributed by atoms with Crippen LogP contribution in [0.3, 0.4) is 0 Å². The number of anilines is 1. The molecule has 3 N–H and O–H groups in total. The number of fused-ring (bicyclic) bond motifs is 1. The first-order valence-electron chi connectivity index (χ1n) is 10.4. The summed E-state index contributed by atoms with van der Waals surface area (Å²) in [6.45, 7) is 2.58. The minimum Gasteiger partial charge on any atom is -0.481 e. The van der Waals surface area contributed by atoms with Crippen molar-refractivity contribution in [2.24, 2.45) is 0 Å². The van der Waals surface area contributed by atoms with E-state index in [1.54, 1.807) is 12.4 Å². The molecule has 29 heavy (non-hydrogen) atoms. The number of nitrogens with zero attached hydrogens (tertiary/aromatic N) is 3. The number of carbonyl (C=O) groups is 1. The van der Waals surface area contributed by atoms with Crippen LogP contribution in [0.5, 0.6) is 0 Å². The number of aliphatic carboxylic acids is 1. The number of hydrogen-bond donors (Lipinski definition) is 3. The highest BCUT2D eigenvalue weighted by Gasteiger charge is 2.19. The summed E-state index contributed by atoms with van der Waals surface area (Å²) in [6, 6.07) is 3.99. The smallest absolute Gasteiger partial charge is 0.303 e. The molecule has 0 aromatic carbocycles. The third-order valence-electron chi connectivity index (χ3n) is 5.48. The molecule has 0 bridgehead atoms. The number of nitrogens with one attached hydrogen (secondary N) is 1. The first-order chi connectivity index (χ1) is 14.0. The van der Waals surface area contributed by atoms with Gasteiger partial charge >= 0.3 is 5.97 Å². The van der Waals surface area contributed by atoms with Gasteiger partial charge in [0.2, 0.25) is 0 Å². The van der Waals surface area contributed by atoms with Crippen molar-refractivity contribution in [3.63, 3.8) is 0 Å². The number of aryl methyl sites for hydroxylation is 2. The summed E-state index contributed by atoms with van der Waals surface area (Å²) >= 11 is 0. The highest BCUT2D eigenvalue weighted by Crippen LogP contribution is 2.28. The van der Waals surface area contributed by atoms with Crippen LogP contribution in [0.4, 0.5) is 5.82 Å². The van der Waals surface area contributed by atoms with Crippen molar-refractivity contribution in [1.29, 1.82) is 0 Å². The molecule has 0 amide bonds.